The average Bonchev–Trinajstić information content (AvgIpc) is 2.14. The SMILES string of the molecule is O=C(O)C(=O)O.O=C([O-])CC(O)(CC(=O)[O-])C(=O)O.[K+].[K+]. The number of rotatable bonds is 5. The smallest absolute Gasteiger partial charge is 0.550 e. The van der Waals surface area contributed by atoms with Crippen LogP contribution in [0.4, 0.5) is 0 Å². The van der Waals surface area contributed by atoms with Crippen LogP contribution in [0.2, 0.25) is 0 Å². The van der Waals surface area contributed by atoms with Crippen molar-refractivity contribution in [1.29, 1.82) is 0 Å². The fourth-order valence-corrected chi connectivity index (χ4v) is 0.691. The van der Waals surface area contributed by atoms with Crippen LogP contribution in [0.1, 0.15) is 12.8 Å². The molecule has 0 spiro atoms. The number of hydrogen-bond acceptors (Lipinski definition) is 8. The van der Waals surface area contributed by atoms with Gasteiger partial charge in [0.2, 0.25) is 0 Å². The topological polar surface area (TPSA) is 212 Å². The maximum atomic E-state index is 10.3. The minimum absolute atomic E-state index is 0. The summed E-state index contributed by atoms with van der Waals surface area (Å²) in [5, 5.41) is 52.0. The molecule has 0 aromatic rings. The summed E-state index contributed by atoms with van der Waals surface area (Å²) in [5.74, 6) is -9.30. The van der Waals surface area contributed by atoms with E-state index in [4.69, 9.17) is 30.0 Å². The Kier molecular flexibility index (Phi) is 20.0. The Labute approximate surface area is 202 Å². The van der Waals surface area contributed by atoms with Crippen LogP contribution >= 0.6 is 0 Å². The van der Waals surface area contributed by atoms with E-state index in [0.29, 0.717) is 0 Å². The molecule has 0 aliphatic heterocycles. The van der Waals surface area contributed by atoms with E-state index in [9.17, 15) is 24.6 Å². The van der Waals surface area contributed by atoms with Crippen molar-refractivity contribution < 1.29 is 157 Å². The summed E-state index contributed by atoms with van der Waals surface area (Å²) in [6.45, 7) is 0. The first-order chi connectivity index (χ1) is 8.42. The number of carboxylic acid groups (broad SMARTS) is 5. The molecular weight excluding hydrogens is 350 g/mol. The Morgan fingerprint density at radius 2 is 1.00 bits per heavy atom. The molecule has 0 saturated carbocycles. The van der Waals surface area contributed by atoms with Crippen LogP contribution in [-0.2, 0) is 24.0 Å². The van der Waals surface area contributed by atoms with E-state index in [1.165, 1.54) is 0 Å². The van der Waals surface area contributed by atoms with Gasteiger partial charge in [-0.15, -0.1) is 0 Å². The third kappa shape index (κ3) is 16.8. The van der Waals surface area contributed by atoms with Crippen molar-refractivity contribution in [2.75, 3.05) is 0 Å². The molecule has 0 aliphatic carbocycles. The number of hydrogen-bond donors (Lipinski definition) is 4. The largest absolute Gasteiger partial charge is 1.00 e. The van der Waals surface area contributed by atoms with E-state index in [1.54, 1.807) is 0 Å². The van der Waals surface area contributed by atoms with Crippen LogP contribution in [-0.4, -0.2) is 55.9 Å². The number of aliphatic carboxylic acids is 5. The molecule has 11 nitrogen and oxygen atoms in total. The molecule has 0 rings (SSSR count). The molecule has 0 radical (unpaired) electrons. The maximum absolute atomic E-state index is 10.3. The van der Waals surface area contributed by atoms with Crippen LogP contribution in [0, 0.1) is 0 Å². The summed E-state index contributed by atoms with van der Waals surface area (Å²) in [4.78, 5) is 48.4. The molecule has 0 amide bonds. The zero-order valence-corrected chi connectivity index (χ0v) is 17.3. The van der Waals surface area contributed by atoms with Crippen molar-refractivity contribution in [3.63, 3.8) is 0 Å². The van der Waals surface area contributed by atoms with E-state index < -0.39 is 48.3 Å². The van der Waals surface area contributed by atoms with Gasteiger partial charge in [0.05, 0.1) is 0 Å². The molecule has 21 heavy (non-hydrogen) atoms. The zero-order chi connectivity index (χ0) is 15.8. The number of aliphatic hydroxyl groups is 1. The molecule has 0 aliphatic rings. The second kappa shape index (κ2) is 14.2. The van der Waals surface area contributed by atoms with E-state index in [1.807, 2.05) is 0 Å². The Balaban J connectivity index is -0.000000156. The van der Waals surface area contributed by atoms with E-state index in [-0.39, 0.29) is 103 Å². The summed E-state index contributed by atoms with van der Waals surface area (Å²) in [7, 11) is 0. The predicted octanol–water partition coefficient (Wildman–Crippen LogP) is -10.8. The Morgan fingerprint density at radius 1 is 0.762 bits per heavy atom. The van der Waals surface area contributed by atoms with E-state index in [0.717, 1.165) is 0 Å². The van der Waals surface area contributed by atoms with Gasteiger partial charge in [-0.05, 0) is 0 Å². The quantitative estimate of drug-likeness (QED) is 0.267. The van der Waals surface area contributed by atoms with Gasteiger partial charge in [0.1, 0.15) is 0 Å². The second-order valence-electron chi connectivity index (χ2n) is 3.04. The number of carboxylic acids is 5. The molecule has 0 saturated heterocycles. The average molecular weight is 358 g/mol. The van der Waals surface area contributed by atoms with Gasteiger partial charge < -0.3 is 40.2 Å². The van der Waals surface area contributed by atoms with Gasteiger partial charge in [0.25, 0.3) is 0 Å². The first-order valence-corrected chi connectivity index (χ1v) is 4.24. The van der Waals surface area contributed by atoms with Gasteiger partial charge in [0, 0.05) is 24.8 Å². The van der Waals surface area contributed by atoms with Gasteiger partial charge in [-0.1, -0.05) is 0 Å². The van der Waals surface area contributed by atoms with Crippen LogP contribution < -0.4 is 113 Å². The molecular formula is C8H8K2O11. The maximum Gasteiger partial charge on any atom is 1.00 e. The summed E-state index contributed by atoms with van der Waals surface area (Å²) < 4.78 is 0. The standard InChI is InChI=1S/C6H8O7.C2H2O4.2K/c7-3(8)1-6(13,5(11)12)2-4(9)10;3-1(4)2(5)6;;/h13H,1-2H2,(H,7,8)(H,9,10)(H,11,12);(H,3,4)(H,5,6);;/q;;2*+1/p-2. The van der Waals surface area contributed by atoms with Crippen LogP contribution in [0.15, 0.2) is 0 Å². The summed E-state index contributed by atoms with van der Waals surface area (Å²) >= 11 is 0. The van der Waals surface area contributed by atoms with Crippen molar-refractivity contribution in [1.82, 2.24) is 0 Å². The Bertz CT molecular complexity index is 377. The van der Waals surface area contributed by atoms with Crippen LogP contribution in [0.25, 0.3) is 0 Å². The van der Waals surface area contributed by atoms with Crippen molar-refractivity contribution in [2.45, 2.75) is 18.4 Å². The Hall–Kier alpha value is 0.583. The monoisotopic (exact) mass is 358 g/mol. The molecule has 0 aromatic heterocycles. The second-order valence-corrected chi connectivity index (χ2v) is 3.04. The molecule has 0 atom stereocenters. The number of carbonyl (C=O) groups excluding carboxylic acids is 2. The first kappa shape index (κ1) is 29.6. The molecule has 0 aromatic carbocycles. The normalized spacial score (nSPS) is 8.81. The summed E-state index contributed by atoms with van der Waals surface area (Å²) in [6.07, 6.45) is -2.59. The molecule has 0 heterocycles. The van der Waals surface area contributed by atoms with E-state index >= 15 is 0 Å². The minimum Gasteiger partial charge on any atom is -0.550 e. The predicted molar refractivity (Wildman–Crippen MR) is 47.1 cm³/mol. The molecule has 13 heteroatoms. The third-order valence-electron chi connectivity index (χ3n) is 1.45. The van der Waals surface area contributed by atoms with Crippen molar-refractivity contribution in [3.05, 3.63) is 0 Å². The fraction of sp³-hybridized carbons (Fsp3) is 0.375. The Morgan fingerprint density at radius 3 is 1.10 bits per heavy atom. The fourth-order valence-electron chi connectivity index (χ4n) is 0.691. The molecule has 0 fully saturated rings. The van der Waals surface area contributed by atoms with Crippen molar-refractivity contribution in [2.24, 2.45) is 0 Å². The summed E-state index contributed by atoms with van der Waals surface area (Å²) in [5.41, 5.74) is -2.86. The molecule has 0 bridgehead atoms. The van der Waals surface area contributed by atoms with Gasteiger partial charge in [0.15, 0.2) is 5.60 Å². The van der Waals surface area contributed by atoms with Crippen LogP contribution in [0.3, 0.4) is 0 Å². The molecule has 108 valence electrons. The van der Waals surface area contributed by atoms with Gasteiger partial charge in [-0.25, -0.2) is 14.4 Å². The zero-order valence-electron chi connectivity index (χ0n) is 11.1. The molecule has 0 unspecified atom stereocenters. The van der Waals surface area contributed by atoms with Gasteiger partial charge in [-0.3, -0.25) is 0 Å². The van der Waals surface area contributed by atoms with E-state index in [2.05, 4.69) is 0 Å². The van der Waals surface area contributed by atoms with Gasteiger partial charge in [-0.2, -0.15) is 0 Å². The van der Waals surface area contributed by atoms with Gasteiger partial charge >= 0.3 is 121 Å². The van der Waals surface area contributed by atoms with Crippen molar-refractivity contribution in [3.8, 4) is 0 Å². The third-order valence-corrected chi connectivity index (χ3v) is 1.45. The molecule has 4 N–H and O–H groups in total. The van der Waals surface area contributed by atoms with Crippen LogP contribution in [0.5, 0.6) is 0 Å². The minimum atomic E-state index is -2.86. The first-order valence-electron chi connectivity index (χ1n) is 4.24. The van der Waals surface area contributed by atoms with Crippen molar-refractivity contribution >= 4 is 29.8 Å². The number of carbonyl (C=O) groups is 5. The summed E-state index contributed by atoms with van der Waals surface area (Å²) in [6, 6.07) is 0.